The second-order valence-corrected chi connectivity index (χ2v) is 5.41. The third-order valence-corrected chi connectivity index (χ3v) is 3.51. The molecule has 1 aliphatic rings. The normalized spacial score (nSPS) is 24.8. The number of nitrogens with one attached hydrogen (secondary N) is 1. The first-order chi connectivity index (χ1) is 7.83. The lowest BCUT2D eigenvalue weighted by Crippen LogP contribution is -2.56. The van der Waals surface area contributed by atoms with Crippen molar-refractivity contribution < 1.29 is 9.59 Å². The van der Waals surface area contributed by atoms with Gasteiger partial charge in [0.15, 0.2) is 0 Å². The number of nitrogens with zero attached hydrogens (tertiary/aromatic N) is 1. The van der Waals surface area contributed by atoms with Crippen molar-refractivity contribution >= 4 is 11.8 Å². The topological polar surface area (TPSA) is 49.4 Å². The van der Waals surface area contributed by atoms with E-state index in [-0.39, 0.29) is 23.9 Å². The third-order valence-electron chi connectivity index (χ3n) is 3.51. The molecule has 0 spiro atoms. The van der Waals surface area contributed by atoms with Gasteiger partial charge < -0.3 is 10.2 Å². The van der Waals surface area contributed by atoms with Gasteiger partial charge in [-0.05, 0) is 33.6 Å². The highest BCUT2D eigenvalue weighted by atomic mass is 16.2. The smallest absolute Gasteiger partial charge is 0.248 e. The molecule has 1 fully saturated rings. The van der Waals surface area contributed by atoms with Crippen LogP contribution < -0.4 is 5.32 Å². The van der Waals surface area contributed by atoms with Gasteiger partial charge in [-0.3, -0.25) is 9.59 Å². The average molecular weight is 240 g/mol. The van der Waals surface area contributed by atoms with Crippen molar-refractivity contribution in [1.29, 1.82) is 0 Å². The lowest BCUT2D eigenvalue weighted by atomic mass is 10.00. The minimum absolute atomic E-state index is 0.0193. The van der Waals surface area contributed by atoms with Crippen LogP contribution in [0, 0.1) is 0 Å². The summed E-state index contributed by atoms with van der Waals surface area (Å²) in [5, 5.41) is 2.80. The van der Waals surface area contributed by atoms with Crippen LogP contribution in [0.2, 0.25) is 0 Å². The van der Waals surface area contributed by atoms with Gasteiger partial charge in [0.2, 0.25) is 11.8 Å². The van der Waals surface area contributed by atoms with Crippen molar-refractivity contribution in [3.63, 3.8) is 0 Å². The maximum atomic E-state index is 12.5. The standard InChI is InChI=1S/C13H24N2O2/c1-6-10(7-2)15-9(3)8-11(16)14-13(4,5)12(15)17/h9-10H,6-8H2,1-5H3,(H,14,16). The van der Waals surface area contributed by atoms with Gasteiger partial charge in [-0.25, -0.2) is 0 Å². The molecular weight excluding hydrogens is 216 g/mol. The Morgan fingerprint density at radius 3 is 2.35 bits per heavy atom. The highest BCUT2D eigenvalue weighted by Crippen LogP contribution is 2.23. The number of carbonyl (C=O) groups excluding carboxylic acids is 2. The molecule has 2 amide bonds. The van der Waals surface area contributed by atoms with Crippen LogP contribution in [-0.2, 0) is 9.59 Å². The largest absolute Gasteiger partial charge is 0.342 e. The Balaban J connectivity index is 3.07. The Labute approximate surface area is 104 Å². The molecule has 4 heteroatoms. The average Bonchev–Trinajstić information content (AvgIpc) is 2.29. The first-order valence-corrected chi connectivity index (χ1v) is 6.47. The minimum atomic E-state index is -0.787. The molecule has 4 nitrogen and oxygen atoms in total. The Morgan fingerprint density at radius 2 is 1.88 bits per heavy atom. The zero-order valence-corrected chi connectivity index (χ0v) is 11.5. The first kappa shape index (κ1) is 14.0. The summed E-state index contributed by atoms with van der Waals surface area (Å²) in [5.74, 6) is -0.00569. The number of amides is 2. The summed E-state index contributed by atoms with van der Waals surface area (Å²) in [5.41, 5.74) is -0.787. The van der Waals surface area contributed by atoms with E-state index >= 15 is 0 Å². The molecule has 0 bridgehead atoms. The summed E-state index contributed by atoms with van der Waals surface area (Å²) in [4.78, 5) is 26.1. The van der Waals surface area contributed by atoms with E-state index in [9.17, 15) is 9.59 Å². The highest BCUT2D eigenvalue weighted by Gasteiger charge is 2.41. The van der Waals surface area contributed by atoms with Gasteiger partial charge in [-0.1, -0.05) is 13.8 Å². The Hall–Kier alpha value is -1.06. The van der Waals surface area contributed by atoms with Crippen molar-refractivity contribution in [2.75, 3.05) is 0 Å². The van der Waals surface area contributed by atoms with Crippen molar-refractivity contribution in [3.05, 3.63) is 0 Å². The molecule has 1 rings (SSSR count). The van der Waals surface area contributed by atoms with Crippen molar-refractivity contribution in [2.24, 2.45) is 0 Å². The lowest BCUT2D eigenvalue weighted by Gasteiger charge is -2.37. The van der Waals surface area contributed by atoms with Gasteiger partial charge in [0.1, 0.15) is 5.54 Å². The summed E-state index contributed by atoms with van der Waals surface area (Å²) in [6.45, 7) is 9.68. The van der Waals surface area contributed by atoms with Crippen LogP contribution in [0.5, 0.6) is 0 Å². The lowest BCUT2D eigenvalue weighted by molar-refractivity contribution is -0.141. The highest BCUT2D eigenvalue weighted by molar-refractivity contribution is 5.93. The van der Waals surface area contributed by atoms with Crippen LogP contribution >= 0.6 is 0 Å². The van der Waals surface area contributed by atoms with Gasteiger partial charge in [0, 0.05) is 18.5 Å². The first-order valence-electron chi connectivity index (χ1n) is 6.47. The predicted octanol–water partition coefficient (Wildman–Crippen LogP) is 1.69. The van der Waals surface area contributed by atoms with Crippen molar-refractivity contribution in [3.8, 4) is 0 Å². The van der Waals surface area contributed by atoms with Crippen LogP contribution in [0.3, 0.4) is 0 Å². The molecule has 17 heavy (non-hydrogen) atoms. The molecule has 0 aliphatic carbocycles. The molecule has 1 aliphatic heterocycles. The van der Waals surface area contributed by atoms with E-state index in [1.165, 1.54) is 0 Å². The fourth-order valence-electron chi connectivity index (χ4n) is 2.55. The maximum Gasteiger partial charge on any atom is 0.248 e. The van der Waals surface area contributed by atoms with E-state index in [4.69, 9.17) is 0 Å². The summed E-state index contributed by atoms with van der Waals surface area (Å²) in [7, 11) is 0. The summed E-state index contributed by atoms with van der Waals surface area (Å²) in [6, 6.07) is 0.207. The zero-order chi connectivity index (χ0) is 13.2. The molecular formula is C13H24N2O2. The maximum absolute atomic E-state index is 12.5. The molecule has 1 saturated heterocycles. The van der Waals surface area contributed by atoms with E-state index in [1.54, 1.807) is 13.8 Å². The molecule has 98 valence electrons. The van der Waals surface area contributed by atoms with Crippen LogP contribution in [0.1, 0.15) is 53.9 Å². The SMILES string of the molecule is CCC(CC)N1C(=O)C(C)(C)NC(=O)CC1C. The molecule has 0 saturated carbocycles. The van der Waals surface area contributed by atoms with Crippen LogP contribution in [0.4, 0.5) is 0 Å². The fraction of sp³-hybridized carbons (Fsp3) is 0.846. The Kier molecular flexibility index (Phi) is 4.17. The van der Waals surface area contributed by atoms with E-state index < -0.39 is 5.54 Å². The number of hydrogen-bond donors (Lipinski definition) is 1. The van der Waals surface area contributed by atoms with Crippen LogP contribution in [0.25, 0.3) is 0 Å². The van der Waals surface area contributed by atoms with Crippen LogP contribution in [-0.4, -0.2) is 34.3 Å². The fourth-order valence-corrected chi connectivity index (χ4v) is 2.55. The zero-order valence-electron chi connectivity index (χ0n) is 11.5. The molecule has 1 heterocycles. The van der Waals surface area contributed by atoms with Gasteiger partial charge in [-0.2, -0.15) is 0 Å². The van der Waals surface area contributed by atoms with E-state index in [0.29, 0.717) is 6.42 Å². The molecule has 1 unspecified atom stereocenters. The van der Waals surface area contributed by atoms with Gasteiger partial charge >= 0.3 is 0 Å². The number of carbonyl (C=O) groups is 2. The Bertz CT molecular complexity index is 309. The van der Waals surface area contributed by atoms with E-state index in [1.807, 2.05) is 11.8 Å². The predicted molar refractivity (Wildman–Crippen MR) is 67.5 cm³/mol. The summed E-state index contributed by atoms with van der Waals surface area (Å²) < 4.78 is 0. The molecule has 0 aromatic carbocycles. The molecule has 0 aromatic rings. The number of rotatable bonds is 3. The molecule has 1 atom stereocenters. The van der Waals surface area contributed by atoms with Crippen LogP contribution in [0.15, 0.2) is 0 Å². The number of hydrogen-bond acceptors (Lipinski definition) is 2. The second kappa shape index (κ2) is 5.07. The molecule has 0 radical (unpaired) electrons. The summed E-state index contributed by atoms with van der Waals surface area (Å²) in [6.07, 6.45) is 2.25. The molecule has 1 N–H and O–H groups in total. The van der Waals surface area contributed by atoms with Crippen molar-refractivity contribution in [1.82, 2.24) is 10.2 Å². The summed E-state index contributed by atoms with van der Waals surface area (Å²) >= 11 is 0. The van der Waals surface area contributed by atoms with Gasteiger partial charge in [0.05, 0.1) is 0 Å². The quantitative estimate of drug-likeness (QED) is 0.816. The Morgan fingerprint density at radius 1 is 1.35 bits per heavy atom. The second-order valence-electron chi connectivity index (χ2n) is 5.41. The third kappa shape index (κ3) is 2.79. The monoisotopic (exact) mass is 240 g/mol. The van der Waals surface area contributed by atoms with E-state index in [2.05, 4.69) is 19.2 Å². The van der Waals surface area contributed by atoms with E-state index in [0.717, 1.165) is 12.8 Å². The minimum Gasteiger partial charge on any atom is -0.342 e. The van der Waals surface area contributed by atoms with Gasteiger partial charge in [-0.15, -0.1) is 0 Å². The van der Waals surface area contributed by atoms with Gasteiger partial charge in [0.25, 0.3) is 0 Å². The molecule has 0 aromatic heterocycles. The van der Waals surface area contributed by atoms with Crippen molar-refractivity contribution in [2.45, 2.75) is 71.5 Å².